The molecule has 78 valence electrons. The summed E-state index contributed by atoms with van der Waals surface area (Å²) in [5.74, 6) is 0.707. The van der Waals surface area contributed by atoms with Crippen LogP contribution in [0.15, 0.2) is 0 Å². The average Bonchev–Trinajstić information content (AvgIpc) is 2.59. The molecular formula is C9H14O4Si. The third-order valence-corrected chi connectivity index (χ3v) is 4.94. The Labute approximate surface area is 84.4 Å². The summed E-state index contributed by atoms with van der Waals surface area (Å²) >= 11 is 0. The lowest BCUT2D eigenvalue weighted by atomic mass is 9.93. The molecule has 5 atom stereocenters. The maximum atomic E-state index is 11.1. The van der Waals surface area contributed by atoms with Crippen LogP contribution in [0.4, 0.5) is 0 Å². The molecule has 0 amide bonds. The van der Waals surface area contributed by atoms with E-state index in [9.17, 15) is 4.79 Å². The van der Waals surface area contributed by atoms with Gasteiger partial charge >= 0.3 is 15.3 Å². The molecule has 2 heterocycles. The number of esters is 1. The zero-order valence-corrected chi connectivity index (χ0v) is 9.30. The summed E-state index contributed by atoms with van der Waals surface area (Å²) < 4.78 is 16.6. The fourth-order valence-corrected chi connectivity index (χ4v) is 4.25. The van der Waals surface area contributed by atoms with Crippen LogP contribution >= 0.6 is 0 Å². The van der Waals surface area contributed by atoms with Gasteiger partial charge in [-0.2, -0.15) is 0 Å². The van der Waals surface area contributed by atoms with Gasteiger partial charge in [-0.05, 0) is 6.55 Å². The molecule has 1 saturated carbocycles. The highest BCUT2D eigenvalue weighted by molar-refractivity contribution is 6.42. The van der Waals surface area contributed by atoms with Crippen LogP contribution in [0.3, 0.4) is 0 Å². The van der Waals surface area contributed by atoms with Crippen molar-refractivity contribution in [3.05, 3.63) is 0 Å². The third-order valence-electron chi connectivity index (χ3n) is 3.54. The van der Waals surface area contributed by atoms with Gasteiger partial charge in [0.15, 0.2) is 0 Å². The minimum Gasteiger partial charge on any atom is -0.462 e. The molecule has 2 saturated heterocycles. The second kappa shape index (κ2) is 3.05. The zero-order chi connectivity index (χ0) is 9.71. The molecule has 2 aliphatic heterocycles. The minimum atomic E-state index is -1.37. The topological polar surface area (TPSA) is 44.8 Å². The first-order valence-corrected chi connectivity index (χ1v) is 7.30. The predicted molar refractivity (Wildman–Crippen MR) is 49.9 cm³/mol. The first-order chi connectivity index (χ1) is 6.74. The minimum absolute atomic E-state index is 0.0469. The average molecular weight is 214 g/mol. The van der Waals surface area contributed by atoms with Crippen LogP contribution in [0.2, 0.25) is 6.55 Å². The summed E-state index contributed by atoms with van der Waals surface area (Å²) in [6.45, 7) is 2.83. The molecule has 1 unspecified atom stereocenters. The van der Waals surface area contributed by atoms with E-state index in [2.05, 4.69) is 6.55 Å². The van der Waals surface area contributed by atoms with Crippen LogP contribution in [-0.2, 0) is 18.4 Å². The van der Waals surface area contributed by atoms with E-state index in [0.717, 1.165) is 13.0 Å². The molecule has 0 spiro atoms. The van der Waals surface area contributed by atoms with Crippen LogP contribution in [0.1, 0.15) is 12.8 Å². The first-order valence-electron chi connectivity index (χ1n) is 5.20. The molecular weight excluding hydrogens is 200 g/mol. The molecule has 3 fully saturated rings. The van der Waals surface area contributed by atoms with E-state index < -0.39 is 9.28 Å². The van der Waals surface area contributed by atoms with Crippen LogP contribution in [0, 0.1) is 11.8 Å². The maximum Gasteiger partial charge on any atom is 0.318 e. The predicted octanol–water partition coefficient (Wildman–Crippen LogP) is 0.204. The quantitative estimate of drug-likeness (QED) is 0.427. The Morgan fingerprint density at radius 3 is 3.07 bits per heavy atom. The number of ether oxygens (including phenoxy) is 1. The van der Waals surface area contributed by atoms with Gasteiger partial charge in [0.05, 0.1) is 12.5 Å². The second-order valence-electron chi connectivity index (χ2n) is 4.37. The Kier molecular flexibility index (Phi) is 1.93. The van der Waals surface area contributed by atoms with Gasteiger partial charge in [-0.15, -0.1) is 0 Å². The fraction of sp³-hybridized carbons (Fsp3) is 0.889. The summed E-state index contributed by atoms with van der Waals surface area (Å²) in [4.78, 5) is 11.1. The Bertz CT molecular complexity index is 270. The molecule has 0 aromatic heterocycles. The van der Waals surface area contributed by atoms with Crippen molar-refractivity contribution >= 4 is 15.3 Å². The van der Waals surface area contributed by atoms with Crippen molar-refractivity contribution in [1.29, 1.82) is 0 Å². The SMILES string of the molecule is C[SiH]1OC[C@H]2[C@@H]3CC(=O)O[C@@H]3C[C@@H]2O1. The highest BCUT2D eigenvalue weighted by Gasteiger charge is 2.52. The zero-order valence-electron chi connectivity index (χ0n) is 8.14. The molecule has 4 nitrogen and oxygen atoms in total. The Morgan fingerprint density at radius 1 is 1.36 bits per heavy atom. The molecule has 0 bridgehead atoms. The van der Waals surface area contributed by atoms with Gasteiger partial charge in [-0.1, -0.05) is 0 Å². The lowest BCUT2D eigenvalue weighted by molar-refractivity contribution is -0.141. The van der Waals surface area contributed by atoms with E-state index in [0.29, 0.717) is 24.4 Å². The van der Waals surface area contributed by atoms with Crippen molar-refractivity contribution in [3.63, 3.8) is 0 Å². The number of fused-ring (bicyclic) bond motifs is 3. The number of carbonyl (C=O) groups is 1. The number of carbonyl (C=O) groups excluding carboxylic acids is 1. The molecule has 14 heavy (non-hydrogen) atoms. The monoisotopic (exact) mass is 214 g/mol. The lowest BCUT2D eigenvalue weighted by Gasteiger charge is -2.31. The summed E-state index contributed by atoms with van der Waals surface area (Å²) in [7, 11) is -1.37. The van der Waals surface area contributed by atoms with E-state index in [1.165, 1.54) is 0 Å². The van der Waals surface area contributed by atoms with Gasteiger partial charge < -0.3 is 13.6 Å². The molecule has 0 aromatic carbocycles. The van der Waals surface area contributed by atoms with Crippen LogP contribution in [0.25, 0.3) is 0 Å². The summed E-state index contributed by atoms with van der Waals surface area (Å²) in [6.07, 6.45) is 1.87. The number of hydrogen-bond acceptors (Lipinski definition) is 4. The van der Waals surface area contributed by atoms with E-state index in [4.69, 9.17) is 13.6 Å². The van der Waals surface area contributed by atoms with Crippen molar-refractivity contribution in [2.75, 3.05) is 6.61 Å². The van der Waals surface area contributed by atoms with Gasteiger partial charge in [-0.25, -0.2) is 0 Å². The maximum absolute atomic E-state index is 11.1. The second-order valence-corrected chi connectivity index (χ2v) is 6.11. The van der Waals surface area contributed by atoms with Gasteiger partial charge in [0.2, 0.25) is 0 Å². The van der Waals surface area contributed by atoms with Crippen molar-refractivity contribution in [1.82, 2.24) is 0 Å². The first kappa shape index (κ1) is 8.88. The van der Waals surface area contributed by atoms with Crippen molar-refractivity contribution in [2.45, 2.75) is 31.6 Å². The molecule has 3 rings (SSSR count). The number of hydrogen-bond donors (Lipinski definition) is 0. The lowest BCUT2D eigenvalue weighted by Crippen LogP contribution is -2.40. The molecule has 0 aromatic rings. The van der Waals surface area contributed by atoms with Crippen molar-refractivity contribution < 1.29 is 18.4 Å². The molecule has 0 N–H and O–H groups in total. The number of rotatable bonds is 0. The van der Waals surface area contributed by atoms with Crippen LogP contribution < -0.4 is 0 Å². The molecule has 0 radical (unpaired) electrons. The van der Waals surface area contributed by atoms with Gasteiger partial charge in [0.25, 0.3) is 0 Å². The highest BCUT2D eigenvalue weighted by Crippen LogP contribution is 2.44. The standard InChI is InChI=1S/C9H14O4Si/c1-14-11-4-6-5-2-9(10)12-7(5)3-8(6)13-14/h5-8,14H,2-4H2,1H3/t5-,6-,7+,8-,14?/m0/s1. The van der Waals surface area contributed by atoms with Crippen LogP contribution in [0.5, 0.6) is 0 Å². The molecule has 3 aliphatic rings. The molecule has 5 heteroatoms. The third kappa shape index (κ3) is 1.23. The van der Waals surface area contributed by atoms with E-state index in [1.807, 2.05) is 0 Å². The largest absolute Gasteiger partial charge is 0.462 e. The summed E-state index contributed by atoms with van der Waals surface area (Å²) in [5, 5.41) is 0. The fourth-order valence-electron chi connectivity index (χ4n) is 2.88. The van der Waals surface area contributed by atoms with E-state index in [-0.39, 0.29) is 12.1 Å². The smallest absolute Gasteiger partial charge is 0.318 e. The highest BCUT2D eigenvalue weighted by atomic mass is 28.3. The Hall–Kier alpha value is -0.393. The van der Waals surface area contributed by atoms with Gasteiger partial charge in [0.1, 0.15) is 6.10 Å². The van der Waals surface area contributed by atoms with Crippen molar-refractivity contribution in [2.24, 2.45) is 11.8 Å². The summed E-state index contributed by atoms with van der Waals surface area (Å²) in [6, 6.07) is 0. The van der Waals surface area contributed by atoms with Gasteiger partial charge in [-0.3, -0.25) is 4.79 Å². The van der Waals surface area contributed by atoms with Crippen molar-refractivity contribution in [3.8, 4) is 0 Å². The van der Waals surface area contributed by atoms with Crippen LogP contribution in [-0.4, -0.2) is 34.1 Å². The normalized spacial score (nSPS) is 51.2. The molecule has 1 aliphatic carbocycles. The Balaban J connectivity index is 1.77. The summed E-state index contributed by atoms with van der Waals surface area (Å²) in [5.41, 5.74) is 0. The van der Waals surface area contributed by atoms with Gasteiger partial charge in [0, 0.05) is 24.9 Å². The van der Waals surface area contributed by atoms with E-state index in [1.54, 1.807) is 0 Å². The van der Waals surface area contributed by atoms with E-state index >= 15 is 0 Å². The Morgan fingerprint density at radius 2 is 2.21 bits per heavy atom.